The molecule has 0 bridgehead atoms. The standard InChI is InChI=1S/C13H18N4OS/c1-9(2)11(7-17-5-4-14-16-17)15-13(18)12-6-10(3)8-19-12/h4-6,8-9,11H,7H2,1-3H3,(H,15,18). The Bertz CT molecular complexity index is 533. The molecule has 0 aliphatic carbocycles. The van der Waals surface area contributed by atoms with Crippen molar-refractivity contribution in [2.45, 2.75) is 33.4 Å². The lowest BCUT2D eigenvalue weighted by Gasteiger charge is -2.21. The summed E-state index contributed by atoms with van der Waals surface area (Å²) in [5.74, 6) is 0.311. The maximum absolute atomic E-state index is 12.2. The van der Waals surface area contributed by atoms with Crippen molar-refractivity contribution >= 4 is 17.2 Å². The Balaban J connectivity index is 2.02. The fourth-order valence-corrected chi connectivity index (χ4v) is 2.55. The van der Waals surface area contributed by atoms with Gasteiger partial charge in [0.05, 0.1) is 23.7 Å². The highest BCUT2D eigenvalue weighted by Gasteiger charge is 2.18. The molecule has 2 aromatic rings. The minimum Gasteiger partial charge on any atom is -0.346 e. The number of aromatic nitrogens is 3. The summed E-state index contributed by atoms with van der Waals surface area (Å²) < 4.78 is 1.74. The number of thiophene rings is 1. The van der Waals surface area contributed by atoms with E-state index in [-0.39, 0.29) is 11.9 Å². The van der Waals surface area contributed by atoms with Crippen LogP contribution in [0.25, 0.3) is 0 Å². The summed E-state index contributed by atoms with van der Waals surface area (Å²) in [6.45, 7) is 6.79. The average molecular weight is 278 g/mol. The lowest BCUT2D eigenvalue weighted by molar-refractivity contribution is 0.0923. The maximum atomic E-state index is 12.2. The van der Waals surface area contributed by atoms with Crippen LogP contribution in [0.2, 0.25) is 0 Å². The number of rotatable bonds is 5. The molecule has 1 unspecified atom stereocenters. The Labute approximate surface area is 116 Å². The van der Waals surface area contributed by atoms with Crippen LogP contribution in [0.15, 0.2) is 23.8 Å². The number of amides is 1. The molecular formula is C13H18N4OS. The van der Waals surface area contributed by atoms with Crippen molar-refractivity contribution in [2.24, 2.45) is 5.92 Å². The van der Waals surface area contributed by atoms with Gasteiger partial charge in [0.1, 0.15) is 0 Å². The molecule has 0 radical (unpaired) electrons. The molecule has 0 saturated carbocycles. The maximum Gasteiger partial charge on any atom is 0.261 e. The summed E-state index contributed by atoms with van der Waals surface area (Å²) in [6, 6.07) is 1.95. The quantitative estimate of drug-likeness (QED) is 0.911. The summed E-state index contributed by atoms with van der Waals surface area (Å²) in [4.78, 5) is 12.9. The molecule has 0 aliphatic rings. The molecule has 6 heteroatoms. The summed E-state index contributed by atoms with van der Waals surface area (Å²) in [7, 11) is 0. The van der Waals surface area contributed by atoms with E-state index in [1.54, 1.807) is 17.1 Å². The van der Waals surface area contributed by atoms with Gasteiger partial charge in [-0.1, -0.05) is 19.1 Å². The number of nitrogens with one attached hydrogen (secondary N) is 1. The molecule has 1 N–H and O–H groups in total. The van der Waals surface area contributed by atoms with E-state index in [4.69, 9.17) is 0 Å². The first kappa shape index (κ1) is 13.7. The lowest BCUT2D eigenvalue weighted by atomic mass is 10.0. The summed E-state index contributed by atoms with van der Waals surface area (Å²) >= 11 is 1.47. The molecular weight excluding hydrogens is 260 g/mol. The van der Waals surface area contributed by atoms with E-state index in [2.05, 4.69) is 29.5 Å². The smallest absolute Gasteiger partial charge is 0.261 e. The third kappa shape index (κ3) is 3.64. The molecule has 0 saturated heterocycles. The van der Waals surface area contributed by atoms with Gasteiger partial charge in [0.25, 0.3) is 5.91 Å². The first-order valence-corrected chi connectivity index (χ1v) is 7.14. The fourth-order valence-electron chi connectivity index (χ4n) is 1.74. The van der Waals surface area contributed by atoms with Gasteiger partial charge < -0.3 is 5.32 Å². The van der Waals surface area contributed by atoms with Crippen LogP contribution < -0.4 is 5.32 Å². The third-order valence-corrected chi connectivity index (χ3v) is 3.98. The Morgan fingerprint density at radius 2 is 2.32 bits per heavy atom. The predicted molar refractivity (Wildman–Crippen MR) is 75.2 cm³/mol. The highest BCUT2D eigenvalue weighted by molar-refractivity contribution is 7.12. The van der Waals surface area contributed by atoms with E-state index in [0.29, 0.717) is 12.5 Å². The summed E-state index contributed by atoms with van der Waals surface area (Å²) in [6.07, 6.45) is 3.44. The number of nitrogens with zero attached hydrogens (tertiary/aromatic N) is 3. The highest BCUT2D eigenvalue weighted by atomic mass is 32.1. The molecule has 1 amide bonds. The van der Waals surface area contributed by atoms with E-state index in [9.17, 15) is 4.79 Å². The zero-order valence-electron chi connectivity index (χ0n) is 11.3. The molecule has 2 aromatic heterocycles. The molecule has 0 spiro atoms. The van der Waals surface area contributed by atoms with Gasteiger partial charge in [-0.15, -0.1) is 16.4 Å². The highest BCUT2D eigenvalue weighted by Crippen LogP contribution is 2.14. The van der Waals surface area contributed by atoms with Crippen LogP contribution in [-0.4, -0.2) is 26.9 Å². The molecule has 2 rings (SSSR count). The Morgan fingerprint density at radius 3 is 2.84 bits per heavy atom. The third-order valence-electron chi connectivity index (χ3n) is 2.93. The second kappa shape index (κ2) is 5.97. The van der Waals surface area contributed by atoms with Gasteiger partial charge in [0, 0.05) is 6.20 Å². The van der Waals surface area contributed by atoms with E-state index in [1.807, 2.05) is 18.4 Å². The second-order valence-corrected chi connectivity index (χ2v) is 5.85. The zero-order valence-corrected chi connectivity index (χ0v) is 12.1. The van der Waals surface area contributed by atoms with Crippen molar-refractivity contribution in [3.63, 3.8) is 0 Å². The van der Waals surface area contributed by atoms with Gasteiger partial charge >= 0.3 is 0 Å². The van der Waals surface area contributed by atoms with E-state index < -0.39 is 0 Å². The SMILES string of the molecule is Cc1csc(C(=O)NC(Cn2ccnn2)C(C)C)c1. The number of hydrogen-bond acceptors (Lipinski definition) is 4. The molecule has 102 valence electrons. The van der Waals surface area contributed by atoms with E-state index in [1.165, 1.54) is 11.3 Å². The number of hydrogen-bond donors (Lipinski definition) is 1. The van der Waals surface area contributed by atoms with Crippen molar-refractivity contribution in [3.05, 3.63) is 34.3 Å². The predicted octanol–water partition coefficient (Wildman–Crippen LogP) is 2.10. The van der Waals surface area contributed by atoms with Crippen LogP contribution in [-0.2, 0) is 6.54 Å². The topological polar surface area (TPSA) is 59.8 Å². The first-order chi connectivity index (χ1) is 9.06. The van der Waals surface area contributed by atoms with Crippen LogP contribution in [0.3, 0.4) is 0 Å². The van der Waals surface area contributed by atoms with Gasteiger partial charge in [-0.05, 0) is 29.9 Å². The Morgan fingerprint density at radius 1 is 1.53 bits per heavy atom. The minimum absolute atomic E-state index is 0.0167. The van der Waals surface area contributed by atoms with Gasteiger partial charge in [-0.25, -0.2) is 0 Å². The van der Waals surface area contributed by atoms with Crippen LogP contribution in [0, 0.1) is 12.8 Å². The van der Waals surface area contributed by atoms with Gasteiger partial charge in [0.15, 0.2) is 0 Å². The fraction of sp³-hybridized carbons (Fsp3) is 0.462. The molecule has 0 aliphatic heterocycles. The molecule has 0 fully saturated rings. The second-order valence-electron chi connectivity index (χ2n) is 4.94. The summed E-state index contributed by atoms with van der Waals surface area (Å²) in [5, 5.41) is 12.8. The number of carbonyl (C=O) groups excluding carboxylic acids is 1. The van der Waals surface area contributed by atoms with Crippen LogP contribution in [0.4, 0.5) is 0 Å². The van der Waals surface area contributed by atoms with E-state index >= 15 is 0 Å². The van der Waals surface area contributed by atoms with Gasteiger partial charge in [0.2, 0.25) is 0 Å². The number of carbonyl (C=O) groups is 1. The van der Waals surface area contributed by atoms with Crippen LogP contribution in [0.1, 0.15) is 29.1 Å². The van der Waals surface area contributed by atoms with Crippen molar-refractivity contribution < 1.29 is 4.79 Å². The molecule has 5 nitrogen and oxygen atoms in total. The van der Waals surface area contributed by atoms with Gasteiger partial charge in [-0.2, -0.15) is 0 Å². The molecule has 2 heterocycles. The Kier molecular flexibility index (Phi) is 4.31. The monoisotopic (exact) mass is 278 g/mol. The van der Waals surface area contributed by atoms with Gasteiger partial charge in [-0.3, -0.25) is 9.48 Å². The lowest BCUT2D eigenvalue weighted by Crippen LogP contribution is -2.41. The average Bonchev–Trinajstić information content (AvgIpc) is 2.99. The Hall–Kier alpha value is -1.69. The van der Waals surface area contributed by atoms with Crippen LogP contribution >= 0.6 is 11.3 Å². The zero-order chi connectivity index (χ0) is 13.8. The number of aryl methyl sites for hydroxylation is 1. The first-order valence-electron chi connectivity index (χ1n) is 6.26. The molecule has 19 heavy (non-hydrogen) atoms. The van der Waals surface area contributed by atoms with Crippen molar-refractivity contribution in [1.82, 2.24) is 20.3 Å². The van der Waals surface area contributed by atoms with Crippen molar-refractivity contribution in [2.75, 3.05) is 0 Å². The van der Waals surface area contributed by atoms with Crippen molar-refractivity contribution in [3.8, 4) is 0 Å². The summed E-state index contributed by atoms with van der Waals surface area (Å²) in [5.41, 5.74) is 1.12. The molecule has 0 aromatic carbocycles. The molecule has 1 atom stereocenters. The van der Waals surface area contributed by atoms with E-state index in [0.717, 1.165) is 10.4 Å². The van der Waals surface area contributed by atoms with Crippen molar-refractivity contribution in [1.29, 1.82) is 0 Å². The largest absolute Gasteiger partial charge is 0.346 e. The van der Waals surface area contributed by atoms with Crippen LogP contribution in [0.5, 0.6) is 0 Å². The normalized spacial score (nSPS) is 12.6. The minimum atomic E-state index is -0.0167.